The van der Waals surface area contributed by atoms with Gasteiger partial charge in [0.25, 0.3) is 0 Å². The van der Waals surface area contributed by atoms with Gasteiger partial charge in [0.1, 0.15) is 0 Å². The van der Waals surface area contributed by atoms with Crippen molar-refractivity contribution >= 4 is 40.4 Å². The highest BCUT2D eigenvalue weighted by molar-refractivity contribution is 7.99. The molecule has 0 unspecified atom stereocenters. The normalized spacial score (nSPS) is 11.1. The lowest BCUT2D eigenvalue weighted by atomic mass is 10.3. The lowest BCUT2D eigenvalue weighted by Crippen LogP contribution is -1.95. The van der Waals surface area contributed by atoms with Gasteiger partial charge in [-0.15, -0.1) is 0 Å². The average molecular weight is 299 g/mol. The molecule has 1 aromatic carbocycles. The van der Waals surface area contributed by atoms with E-state index in [1.807, 2.05) is 29.8 Å². The summed E-state index contributed by atoms with van der Waals surface area (Å²) in [6.45, 7) is 0. The molecule has 0 amide bonds. The first-order valence-electron chi connectivity index (χ1n) is 6.04. The highest BCUT2D eigenvalue weighted by atomic mass is 35.5. The van der Waals surface area contributed by atoms with Crippen LogP contribution in [0.25, 0.3) is 11.0 Å². The van der Waals surface area contributed by atoms with Crippen LogP contribution in [-0.2, 0) is 11.8 Å². The number of unbranched alkanes of at least 4 members (excludes halogenated alkanes) is 1. The first-order chi connectivity index (χ1) is 9.08. The molecule has 0 saturated carbocycles. The zero-order chi connectivity index (χ0) is 13.8. The number of imidazole rings is 1. The van der Waals surface area contributed by atoms with Gasteiger partial charge in [-0.2, -0.15) is 0 Å². The zero-order valence-corrected chi connectivity index (χ0v) is 12.2. The van der Waals surface area contributed by atoms with Gasteiger partial charge < -0.3 is 9.67 Å². The molecule has 0 aliphatic carbocycles. The first kappa shape index (κ1) is 14.2. The molecule has 4 nitrogen and oxygen atoms in total. The summed E-state index contributed by atoms with van der Waals surface area (Å²) in [7, 11) is 1.98. The molecule has 0 bridgehead atoms. The van der Waals surface area contributed by atoms with Crippen LogP contribution in [0.5, 0.6) is 0 Å². The van der Waals surface area contributed by atoms with Crippen LogP contribution < -0.4 is 0 Å². The largest absolute Gasteiger partial charge is 0.481 e. The highest BCUT2D eigenvalue weighted by Gasteiger charge is 2.08. The van der Waals surface area contributed by atoms with Crippen LogP contribution in [0.4, 0.5) is 0 Å². The van der Waals surface area contributed by atoms with Gasteiger partial charge in [-0.25, -0.2) is 4.98 Å². The van der Waals surface area contributed by atoms with Crippen LogP contribution in [0.2, 0.25) is 5.02 Å². The SMILES string of the molecule is Cn1c(SCCCCC(=O)O)nc2cc(Cl)ccc21. The predicted octanol–water partition coefficient (Wildman–Crippen LogP) is 3.57. The van der Waals surface area contributed by atoms with Gasteiger partial charge in [0.2, 0.25) is 0 Å². The molecule has 0 radical (unpaired) electrons. The molecular weight excluding hydrogens is 284 g/mol. The van der Waals surface area contributed by atoms with E-state index in [0.717, 1.165) is 28.4 Å². The van der Waals surface area contributed by atoms with Gasteiger partial charge in [0, 0.05) is 24.2 Å². The molecule has 102 valence electrons. The number of thioether (sulfide) groups is 1. The van der Waals surface area contributed by atoms with E-state index in [1.165, 1.54) is 0 Å². The molecule has 0 aliphatic rings. The molecule has 0 atom stereocenters. The van der Waals surface area contributed by atoms with Gasteiger partial charge >= 0.3 is 5.97 Å². The fourth-order valence-electron chi connectivity index (χ4n) is 1.82. The Hall–Kier alpha value is -1.20. The van der Waals surface area contributed by atoms with Gasteiger partial charge in [0.05, 0.1) is 11.0 Å². The molecule has 2 rings (SSSR count). The quantitative estimate of drug-likeness (QED) is 0.654. The van der Waals surface area contributed by atoms with Crippen molar-refractivity contribution in [2.75, 3.05) is 5.75 Å². The number of rotatable bonds is 6. The maximum absolute atomic E-state index is 10.4. The van der Waals surface area contributed by atoms with E-state index in [0.29, 0.717) is 11.4 Å². The molecule has 1 heterocycles. The number of fused-ring (bicyclic) bond motifs is 1. The summed E-state index contributed by atoms with van der Waals surface area (Å²) in [6, 6.07) is 5.66. The third kappa shape index (κ3) is 3.64. The number of carboxylic acid groups (broad SMARTS) is 1. The van der Waals surface area contributed by atoms with Crippen LogP contribution in [0.15, 0.2) is 23.4 Å². The van der Waals surface area contributed by atoms with Crippen LogP contribution in [0.1, 0.15) is 19.3 Å². The van der Waals surface area contributed by atoms with Crippen molar-refractivity contribution in [2.24, 2.45) is 7.05 Å². The Morgan fingerprint density at radius 2 is 2.26 bits per heavy atom. The third-order valence-electron chi connectivity index (χ3n) is 2.82. The summed E-state index contributed by atoms with van der Waals surface area (Å²) >= 11 is 7.59. The Labute approximate surface area is 120 Å². The summed E-state index contributed by atoms with van der Waals surface area (Å²) in [5.74, 6) is 0.139. The maximum atomic E-state index is 10.4. The fourth-order valence-corrected chi connectivity index (χ4v) is 2.97. The standard InChI is InChI=1S/C13H15ClN2O2S/c1-16-11-6-5-9(14)8-10(11)15-13(16)19-7-3-2-4-12(17)18/h5-6,8H,2-4,7H2,1H3,(H,17,18). The number of carboxylic acids is 1. The molecule has 1 aromatic heterocycles. The van der Waals surface area contributed by atoms with Crippen molar-refractivity contribution in [3.8, 4) is 0 Å². The van der Waals surface area contributed by atoms with Crippen molar-refractivity contribution in [1.82, 2.24) is 9.55 Å². The summed E-state index contributed by atoms with van der Waals surface area (Å²) in [5.41, 5.74) is 1.94. The topological polar surface area (TPSA) is 55.1 Å². The Morgan fingerprint density at radius 3 is 3.00 bits per heavy atom. The van der Waals surface area contributed by atoms with Gasteiger partial charge in [-0.3, -0.25) is 4.79 Å². The second-order valence-electron chi connectivity index (χ2n) is 4.29. The minimum atomic E-state index is -0.734. The van der Waals surface area contributed by atoms with E-state index >= 15 is 0 Å². The second-order valence-corrected chi connectivity index (χ2v) is 5.78. The number of aromatic nitrogens is 2. The Bertz CT molecular complexity index is 598. The van der Waals surface area contributed by atoms with Crippen molar-refractivity contribution in [3.05, 3.63) is 23.2 Å². The Balaban J connectivity index is 1.97. The van der Waals surface area contributed by atoms with E-state index in [1.54, 1.807) is 11.8 Å². The Kier molecular flexibility index (Phi) is 4.71. The molecule has 0 fully saturated rings. The lowest BCUT2D eigenvalue weighted by Gasteiger charge is -2.01. The lowest BCUT2D eigenvalue weighted by molar-refractivity contribution is -0.137. The van der Waals surface area contributed by atoms with Crippen molar-refractivity contribution in [1.29, 1.82) is 0 Å². The molecule has 6 heteroatoms. The third-order valence-corrected chi connectivity index (χ3v) is 4.17. The minimum Gasteiger partial charge on any atom is -0.481 e. The number of carbonyl (C=O) groups is 1. The Morgan fingerprint density at radius 1 is 1.47 bits per heavy atom. The zero-order valence-electron chi connectivity index (χ0n) is 10.6. The van der Waals surface area contributed by atoms with Gasteiger partial charge in [0.15, 0.2) is 5.16 Å². The first-order valence-corrected chi connectivity index (χ1v) is 7.41. The molecule has 0 saturated heterocycles. The molecule has 1 N–H and O–H groups in total. The monoisotopic (exact) mass is 298 g/mol. The maximum Gasteiger partial charge on any atom is 0.303 e. The summed E-state index contributed by atoms with van der Waals surface area (Å²) in [6.07, 6.45) is 1.82. The predicted molar refractivity (Wildman–Crippen MR) is 77.9 cm³/mol. The number of aliphatic carboxylic acids is 1. The fraction of sp³-hybridized carbons (Fsp3) is 0.385. The van der Waals surface area contributed by atoms with Gasteiger partial charge in [-0.05, 0) is 31.0 Å². The average Bonchev–Trinajstić information content (AvgIpc) is 2.65. The van der Waals surface area contributed by atoms with E-state index in [9.17, 15) is 4.79 Å². The minimum absolute atomic E-state index is 0.235. The number of hydrogen-bond acceptors (Lipinski definition) is 3. The number of nitrogens with zero attached hydrogens (tertiary/aromatic N) is 2. The van der Waals surface area contributed by atoms with E-state index in [4.69, 9.17) is 16.7 Å². The summed E-state index contributed by atoms with van der Waals surface area (Å²) in [5, 5.41) is 10.2. The summed E-state index contributed by atoms with van der Waals surface area (Å²) < 4.78 is 2.04. The van der Waals surface area contributed by atoms with Crippen LogP contribution >= 0.6 is 23.4 Å². The van der Waals surface area contributed by atoms with E-state index < -0.39 is 5.97 Å². The molecular formula is C13H15ClN2O2S. The number of aryl methyl sites for hydroxylation is 1. The number of hydrogen-bond donors (Lipinski definition) is 1. The highest BCUT2D eigenvalue weighted by Crippen LogP contribution is 2.25. The van der Waals surface area contributed by atoms with Crippen LogP contribution in [0, 0.1) is 0 Å². The smallest absolute Gasteiger partial charge is 0.303 e. The van der Waals surface area contributed by atoms with Crippen LogP contribution in [-0.4, -0.2) is 26.4 Å². The van der Waals surface area contributed by atoms with Crippen molar-refractivity contribution in [2.45, 2.75) is 24.4 Å². The number of halogens is 1. The molecule has 19 heavy (non-hydrogen) atoms. The molecule has 0 spiro atoms. The van der Waals surface area contributed by atoms with E-state index in [2.05, 4.69) is 4.98 Å². The van der Waals surface area contributed by atoms with Crippen LogP contribution in [0.3, 0.4) is 0 Å². The van der Waals surface area contributed by atoms with Gasteiger partial charge in [-0.1, -0.05) is 23.4 Å². The molecule has 2 aromatic rings. The second kappa shape index (κ2) is 6.30. The number of benzene rings is 1. The van der Waals surface area contributed by atoms with Crippen molar-refractivity contribution < 1.29 is 9.90 Å². The van der Waals surface area contributed by atoms with E-state index in [-0.39, 0.29) is 6.42 Å². The summed E-state index contributed by atoms with van der Waals surface area (Å²) in [4.78, 5) is 14.9. The van der Waals surface area contributed by atoms with Crippen molar-refractivity contribution in [3.63, 3.8) is 0 Å². The molecule has 0 aliphatic heterocycles.